The van der Waals surface area contributed by atoms with Crippen LogP contribution in [0.4, 0.5) is 0 Å². The second-order valence-corrected chi connectivity index (χ2v) is 6.97. The predicted octanol–water partition coefficient (Wildman–Crippen LogP) is 0.704. The maximum atomic E-state index is 11.8. The van der Waals surface area contributed by atoms with E-state index >= 15 is 0 Å². The summed E-state index contributed by atoms with van der Waals surface area (Å²) in [5.41, 5.74) is 0. The maximum absolute atomic E-state index is 11.8. The Labute approximate surface area is 98.2 Å². The highest BCUT2D eigenvalue weighted by atomic mass is 32.2. The summed E-state index contributed by atoms with van der Waals surface area (Å²) in [4.78, 5) is 0. The SMILES string of the molecule is CNCCCS(=O)(=O)NC(C1CC1)C1CC1. The van der Waals surface area contributed by atoms with E-state index in [-0.39, 0.29) is 11.8 Å². The van der Waals surface area contributed by atoms with Crippen molar-refractivity contribution in [1.29, 1.82) is 0 Å². The van der Waals surface area contributed by atoms with Crippen molar-refractivity contribution in [2.45, 2.75) is 38.1 Å². The van der Waals surface area contributed by atoms with Gasteiger partial charge in [-0.25, -0.2) is 13.1 Å². The first kappa shape index (κ1) is 12.3. The Morgan fingerprint density at radius 1 is 1.19 bits per heavy atom. The van der Waals surface area contributed by atoms with Crippen LogP contribution in [-0.4, -0.2) is 33.8 Å². The molecule has 5 heteroatoms. The molecule has 0 atom stereocenters. The molecule has 2 N–H and O–H groups in total. The fraction of sp³-hybridized carbons (Fsp3) is 1.00. The molecule has 2 saturated carbocycles. The summed E-state index contributed by atoms with van der Waals surface area (Å²) in [6.07, 6.45) is 5.52. The number of rotatable bonds is 8. The molecule has 0 spiro atoms. The first-order valence-electron chi connectivity index (χ1n) is 6.27. The first-order valence-corrected chi connectivity index (χ1v) is 7.92. The van der Waals surface area contributed by atoms with Crippen molar-refractivity contribution < 1.29 is 8.42 Å². The van der Waals surface area contributed by atoms with Gasteiger partial charge in [-0.05, 0) is 57.5 Å². The number of sulfonamides is 1. The standard InChI is InChI=1S/C11H22N2O2S/c1-12-7-2-8-16(14,15)13-11(9-3-4-9)10-5-6-10/h9-13H,2-8H2,1H3. The highest BCUT2D eigenvalue weighted by Crippen LogP contribution is 2.44. The summed E-state index contributed by atoms with van der Waals surface area (Å²) in [6, 6.07) is 0.250. The van der Waals surface area contributed by atoms with Gasteiger partial charge in [-0.1, -0.05) is 0 Å². The third kappa shape index (κ3) is 3.71. The molecule has 4 nitrogen and oxygen atoms in total. The predicted molar refractivity (Wildman–Crippen MR) is 64.7 cm³/mol. The molecule has 0 radical (unpaired) electrons. The van der Waals surface area contributed by atoms with Crippen LogP contribution < -0.4 is 10.0 Å². The molecule has 0 saturated heterocycles. The summed E-state index contributed by atoms with van der Waals surface area (Å²) < 4.78 is 26.6. The molecule has 0 amide bonds. The van der Waals surface area contributed by atoms with Crippen molar-refractivity contribution >= 4 is 10.0 Å². The second-order valence-electron chi connectivity index (χ2n) is 5.09. The molecule has 2 aliphatic carbocycles. The van der Waals surface area contributed by atoms with Gasteiger partial charge in [-0.15, -0.1) is 0 Å². The summed E-state index contributed by atoms with van der Waals surface area (Å²) in [6.45, 7) is 0.762. The number of hydrogen-bond acceptors (Lipinski definition) is 3. The van der Waals surface area contributed by atoms with Gasteiger partial charge >= 0.3 is 0 Å². The van der Waals surface area contributed by atoms with Crippen molar-refractivity contribution in [2.75, 3.05) is 19.3 Å². The van der Waals surface area contributed by atoms with E-state index in [1.807, 2.05) is 7.05 Å². The van der Waals surface area contributed by atoms with Crippen LogP contribution in [0.5, 0.6) is 0 Å². The maximum Gasteiger partial charge on any atom is 0.211 e. The molecule has 2 aliphatic rings. The van der Waals surface area contributed by atoms with Crippen molar-refractivity contribution in [3.8, 4) is 0 Å². The van der Waals surface area contributed by atoms with Gasteiger partial charge < -0.3 is 5.32 Å². The average molecular weight is 246 g/mol. The van der Waals surface area contributed by atoms with Crippen LogP contribution in [0.1, 0.15) is 32.1 Å². The molecule has 0 heterocycles. The molecule has 0 aromatic rings. The number of nitrogens with one attached hydrogen (secondary N) is 2. The largest absolute Gasteiger partial charge is 0.320 e. The average Bonchev–Trinajstić information content (AvgIpc) is 3.07. The van der Waals surface area contributed by atoms with E-state index < -0.39 is 10.0 Å². The van der Waals surface area contributed by atoms with Gasteiger partial charge in [0.15, 0.2) is 0 Å². The fourth-order valence-electron chi connectivity index (χ4n) is 2.19. The lowest BCUT2D eigenvalue weighted by atomic mass is 10.1. The van der Waals surface area contributed by atoms with Crippen molar-refractivity contribution in [2.24, 2.45) is 11.8 Å². The molecule has 0 aliphatic heterocycles. The Kier molecular flexibility index (Phi) is 3.87. The Hall–Kier alpha value is -0.130. The van der Waals surface area contributed by atoms with Gasteiger partial charge in [0.05, 0.1) is 5.75 Å². The third-order valence-electron chi connectivity index (χ3n) is 3.42. The first-order chi connectivity index (χ1) is 7.62. The lowest BCUT2D eigenvalue weighted by molar-refractivity contribution is 0.470. The Balaban J connectivity index is 1.80. The lowest BCUT2D eigenvalue weighted by Crippen LogP contribution is -2.39. The van der Waals surface area contributed by atoms with E-state index in [1.54, 1.807) is 0 Å². The molecule has 0 bridgehead atoms. The van der Waals surface area contributed by atoms with Gasteiger partial charge in [-0.3, -0.25) is 0 Å². The Bertz CT molecular complexity index is 309. The fourth-order valence-corrected chi connectivity index (χ4v) is 3.64. The summed E-state index contributed by atoms with van der Waals surface area (Å²) in [5, 5.41) is 2.97. The minimum absolute atomic E-state index is 0.250. The smallest absolute Gasteiger partial charge is 0.211 e. The highest BCUT2D eigenvalue weighted by Gasteiger charge is 2.43. The van der Waals surface area contributed by atoms with E-state index in [4.69, 9.17) is 0 Å². The Morgan fingerprint density at radius 2 is 1.75 bits per heavy atom. The minimum Gasteiger partial charge on any atom is -0.320 e. The summed E-state index contributed by atoms with van der Waals surface area (Å²) in [7, 11) is -1.21. The third-order valence-corrected chi connectivity index (χ3v) is 4.87. The monoisotopic (exact) mass is 246 g/mol. The van der Waals surface area contributed by atoms with Crippen molar-refractivity contribution in [1.82, 2.24) is 10.0 Å². The molecule has 0 aromatic carbocycles. The van der Waals surface area contributed by atoms with Gasteiger partial charge in [0.25, 0.3) is 0 Å². The van der Waals surface area contributed by atoms with Crippen LogP contribution in [0.3, 0.4) is 0 Å². The molecule has 0 aromatic heterocycles. The van der Waals surface area contributed by atoms with Crippen molar-refractivity contribution in [3.05, 3.63) is 0 Å². The van der Waals surface area contributed by atoms with Crippen LogP contribution in [0.2, 0.25) is 0 Å². The quantitative estimate of drug-likeness (QED) is 0.620. The van der Waals surface area contributed by atoms with E-state index in [9.17, 15) is 8.42 Å². The van der Waals surface area contributed by atoms with E-state index in [2.05, 4.69) is 10.0 Å². The minimum atomic E-state index is -3.05. The van der Waals surface area contributed by atoms with E-state index in [0.717, 1.165) is 6.54 Å². The molecular weight excluding hydrogens is 224 g/mol. The molecule has 16 heavy (non-hydrogen) atoms. The normalized spacial score (nSPS) is 21.6. The zero-order chi connectivity index (χ0) is 11.6. The molecule has 2 rings (SSSR count). The zero-order valence-corrected chi connectivity index (χ0v) is 10.7. The van der Waals surface area contributed by atoms with Gasteiger partial charge in [0.1, 0.15) is 0 Å². The van der Waals surface area contributed by atoms with Crippen LogP contribution >= 0.6 is 0 Å². The lowest BCUT2D eigenvalue weighted by Gasteiger charge is -2.17. The van der Waals surface area contributed by atoms with Crippen LogP contribution in [0.25, 0.3) is 0 Å². The summed E-state index contributed by atoms with van der Waals surface area (Å²) >= 11 is 0. The van der Waals surface area contributed by atoms with E-state index in [0.29, 0.717) is 18.3 Å². The van der Waals surface area contributed by atoms with E-state index in [1.165, 1.54) is 25.7 Å². The molecule has 94 valence electrons. The topological polar surface area (TPSA) is 58.2 Å². The van der Waals surface area contributed by atoms with Crippen LogP contribution in [-0.2, 0) is 10.0 Å². The zero-order valence-electron chi connectivity index (χ0n) is 9.91. The van der Waals surface area contributed by atoms with Gasteiger partial charge in [0, 0.05) is 6.04 Å². The molecule has 2 fully saturated rings. The van der Waals surface area contributed by atoms with Gasteiger partial charge in [0.2, 0.25) is 10.0 Å². The number of hydrogen-bond donors (Lipinski definition) is 2. The summed E-state index contributed by atoms with van der Waals surface area (Å²) in [5.74, 6) is 1.52. The van der Waals surface area contributed by atoms with Crippen molar-refractivity contribution in [3.63, 3.8) is 0 Å². The highest BCUT2D eigenvalue weighted by molar-refractivity contribution is 7.89. The molecular formula is C11H22N2O2S. The second kappa shape index (κ2) is 5.02. The van der Waals surface area contributed by atoms with Gasteiger partial charge in [-0.2, -0.15) is 0 Å². The van der Waals surface area contributed by atoms with Crippen LogP contribution in [0, 0.1) is 11.8 Å². The molecule has 0 unspecified atom stereocenters. The Morgan fingerprint density at radius 3 is 2.19 bits per heavy atom. The van der Waals surface area contributed by atoms with Crippen LogP contribution in [0.15, 0.2) is 0 Å².